The first-order chi connectivity index (χ1) is 14.3. The number of rotatable bonds is 6. The van der Waals surface area contributed by atoms with Gasteiger partial charge in [0, 0.05) is 0 Å². The fourth-order valence-electron chi connectivity index (χ4n) is 3.38. The molecule has 2 aromatic carbocycles. The molecule has 0 heterocycles. The number of benzene rings is 2. The number of amides is 1. The van der Waals surface area contributed by atoms with Gasteiger partial charge >= 0.3 is 11.9 Å². The van der Waals surface area contributed by atoms with Gasteiger partial charge in [-0.2, -0.15) is 0 Å². The molecule has 0 spiro atoms. The normalized spacial score (nSPS) is 14.9. The Morgan fingerprint density at radius 1 is 1.03 bits per heavy atom. The quantitative estimate of drug-likeness (QED) is 0.280. The predicted molar refractivity (Wildman–Crippen MR) is 109 cm³/mol. The number of nitrogens with two attached hydrogens (primary N) is 3. The van der Waals surface area contributed by atoms with E-state index in [-0.39, 0.29) is 11.5 Å². The van der Waals surface area contributed by atoms with Crippen LogP contribution in [0.25, 0.3) is 0 Å². The van der Waals surface area contributed by atoms with Gasteiger partial charge in [0.05, 0.1) is 17.2 Å². The Bertz CT molecular complexity index is 997. The fraction of sp³-hybridized carbons (Fsp3) is 0.238. The summed E-state index contributed by atoms with van der Waals surface area (Å²) >= 11 is 0. The van der Waals surface area contributed by atoms with Gasteiger partial charge < -0.3 is 26.7 Å². The summed E-state index contributed by atoms with van der Waals surface area (Å²) in [5, 5.41) is 0. The highest BCUT2D eigenvalue weighted by atomic mass is 16.5. The van der Waals surface area contributed by atoms with Crippen LogP contribution in [-0.4, -0.2) is 30.4 Å². The highest BCUT2D eigenvalue weighted by molar-refractivity contribution is 5.91. The van der Waals surface area contributed by atoms with Crippen LogP contribution in [0.15, 0.2) is 47.5 Å². The van der Waals surface area contributed by atoms with Crippen molar-refractivity contribution in [2.24, 2.45) is 22.2 Å². The van der Waals surface area contributed by atoms with Gasteiger partial charge in [-0.3, -0.25) is 9.59 Å². The van der Waals surface area contributed by atoms with Crippen molar-refractivity contribution in [3.8, 4) is 5.75 Å². The van der Waals surface area contributed by atoms with E-state index in [0.29, 0.717) is 17.9 Å². The van der Waals surface area contributed by atoms with Crippen molar-refractivity contribution in [3.63, 3.8) is 0 Å². The van der Waals surface area contributed by atoms with Crippen LogP contribution in [0.3, 0.4) is 0 Å². The minimum atomic E-state index is -0.746. The van der Waals surface area contributed by atoms with Crippen molar-refractivity contribution in [3.05, 3.63) is 59.2 Å². The van der Waals surface area contributed by atoms with Gasteiger partial charge in [-0.25, -0.2) is 9.79 Å². The smallest absolute Gasteiger partial charge is 0.338 e. The second-order valence-electron chi connectivity index (χ2n) is 6.81. The molecule has 6 N–H and O–H groups in total. The molecule has 156 valence electrons. The monoisotopic (exact) mass is 410 g/mol. The molecule has 0 aromatic heterocycles. The zero-order valence-electron chi connectivity index (χ0n) is 16.2. The van der Waals surface area contributed by atoms with Gasteiger partial charge in [0.15, 0.2) is 12.6 Å². The Hall–Kier alpha value is -3.88. The number of hydrogen-bond donors (Lipinski definition) is 3. The maximum absolute atomic E-state index is 12.8. The summed E-state index contributed by atoms with van der Waals surface area (Å²) in [7, 11) is 0. The van der Waals surface area contributed by atoms with Gasteiger partial charge in [0.25, 0.3) is 5.91 Å². The summed E-state index contributed by atoms with van der Waals surface area (Å²) in [6, 6.07) is 11.3. The van der Waals surface area contributed by atoms with E-state index in [0.717, 1.165) is 24.0 Å². The molecule has 1 unspecified atom stereocenters. The molecule has 1 aliphatic carbocycles. The largest absolute Gasteiger partial charge is 0.452 e. The van der Waals surface area contributed by atoms with E-state index in [4.69, 9.17) is 26.7 Å². The molecule has 9 nitrogen and oxygen atoms in total. The van der Waals surface area contributed by atoms with Crippen molar-refractivity contribution in [1.82, 2.24) is 0 Å². The number of carbonyl (C=O) groups is 3. The number of nitrogens with zero attached hydrogens (tertiary/aromatic N) is 1. The highest BCUT2D eigenvalue weighted by Crippen LogP contribution is 2.37. The fourth-order valence-corrected chi connectivity index (χ4v) is 3.38. The predicted octanol–water partition coefficient (Wildman–Crippen LogP) is 1.26. The molecule has 0 saturated carbocycles. The van der Waals surface area contributed by atoms with E-state index >= 15 is 0 Å². The minimum Gasteiger partial charge on any atom is -0.452 e. The van der Waals surface area contributed by atoms with E-state index in [2.05, 4.69) is 4.99 Å². The lowest BCUT2D eigenvalue weighted by Crippen LogP contribution is -2.24. The van der Waals surface area contributed by atoms with Crippen LogP contribution in [0.4, 0.5) is 5.69 Å². The average Bonchev–Trinajstić information content (AvgIpc) is 2.72. The topological polar surface area (TPSA) is 160 Å². The molecule has 0 fully saturated rings. The molecule has 0 bridgehead atoms. The van der Waals surface area contributed by atoms with Crippen molar-refractivity contribution in [1.29, 1.82) is 0 Å². The second-order valence-corrected chi connectivity index (χ2v) is 6.81. The minimum absolute atomic E-state index is 0.0393. The molecule has 9 heteroatoms. The zero-order valence-corrected chi connectivity index (χ0v) is 16.2. The number of ether oxygens (including phenoxy) is 2. The number of fused-ring (bicyclic) bond motifs is 1. The Morgan fingerprint density at radius 2 is 1.77 bits per heavy atom. The average molecular weight is 410 g/mol. The molecule has 1 atom stereocenters. The first-order valence-corrected chi connectivity index (χ1v) is 9.33. The molecular formula is C21H22N4O5. The summed E-state index contributed by atoms with van der Waals surface area (Å²) in [6.07, 6.45) is 2.22. The number of primary amides is 1. The summed E-state index contributed by atoms with van der Waals surface area (Å²) in [5.74, 6) is -2.03. The van der Waals surface area contributed by atoms with Crippen LogP contribution in [0.2, 0.25) is 0 Å². The molecule has 0 radical (unpaired) electrons. The van der Waals surface area contributed by atoms with E-state index in [1.165, 1.54) is 24.3 Å². The molecule has 3 rings (SSSR count). The van der Waals surface area contributed by atoms with Crippen LogP contribution in [0.1, 0.15) is 40.2 Å². The maximum Gasteiger partial charge on any atom is 0.338 e. The summed E-state index contributed by atoms with van der Waals surface area (Å²) in [5.41, 5.74) is 18.6. The Kier molecular flexibility index (Phi) is 6.31. The van der Waals surface area contributed by atoms with E-state index in [1.54, 1.807) is 6.07 Å². The molecule has 2 aromatic rings. The summed E-state index contributed by atoms with van der Waals surface area (Å²) in [6.45, 7) is -0.501. The van der Waals surface area contributed by atoms with Crippen molar-refractivity contribution in [2.75, 3.05) is 6.61 Å². The number of hydrogen-bond acceptors (Lipinski definition) is 6. The first-order valence-electron chi connectivity index (χ1n) is 9.33. The molecule has 1 amide bonds. The third-order valence-electron chi connectivity index (χ3n) is 4.67. The van der Waals surface area contributed by atoms with Gasteiger partial charge in [0.2, 0.25) is 0 Å². The van der Waals surface area contributed by atoms with Crippen molar-refractivity contribution >= 4 is 29.5 Å². The zero-order chi connectivity index (χ0) is 21.7. The first kappa shape index (κ1) is 20.8. The van der Waals surface area contributed by atoms with Crippen LogP contribution in [0.5, 0.6) is 5.75 Å². The van der Waals surface area contributed by atoms with Crippen molar-refractivity contribution < 1.29 is 23.9 Å². The number of esters is 2. The molecule has 0 aliphatic heterocycles. The summed E-state index contributed by atoms with van der Waals surface area (Å²) in [4.78, 5) is 39.5. The van der Waals surface area contributed by atoms with Crippen LogP contribution in [-0.2, 0) is 20.7 Å². The lowest BCUT2D eigenvalue weighted by molar-refractivity contribution is -0.136. The van der Waals surface area contributed by atoms with Crippen LogP contribution < -0.4 is 21.9 Å². The van der Waals surface area contributed by atoms with E-state index < -0.39 is 30.4 Å². The molecule has 0 saturated heterocycles. The van der Waals surface area contributed by atoms with E-state index in [9.17, 15) is 14.4 Å². The van der Waals surface area contributed by atoms with Crippen LogP contribution in [0, 0.1) is 0 Å². The number of carbonyl (C=O) groups excluding carboxylic acids is 3. The van der Waals surface area contributed by atoms with Gasteiger partial charge in [-0.1, -0.05) is 12.1 Å². The highest BCUT2D eigenvalue weighted by Gasteiger charge is 2.29. The lowest BCUT2D eigenvalue weighted by Gasteiger charge is -2.25. The number of guanidine groups is 1. The third-order valence-corrected chi connectivity index (χ3v) is 4.67. The lowest BCUT2D eigenvalue weighted by atomic mass is 9.82. The standard InChI is InChI=1S/C21H22N4O5/c22-18(26)11-29-19(27)12-7-9-13(10-8-12)30-20(28)16-5-1-4-15-14(16)3-2-6-17(15)25-21(23)24/h2-3,6-10,16H,1,4-5,11H2,(H2,22,26)(H4,23,24,25). The van der Waals surface area contributed by atoms with Crippen molar-refractivity contribution in [2.45, 2.75) is 25.2 Å². The SMILES string of the molecule is NC(=O)COC(=O)c1ccc(OC(=O)C2CCCc3c(N=C(N)N)cccc32)cc1. The number of aliphatic imine (C=N–C) groups is 1. The Morgan fingerprint density at radius 3 is 2.43 bits per heavy atom. The van der Waals surface area contributed by atoms with Gasteiger partial charge in [0.1, 0.15) is 5.75 Å². The maximum atomic E-state index is 12.8. The Labute approximate surface area is 172 Å². The Balaban J connectivity index is 1.73. The van der Waals surface area contributed by atoms with Crippen LogP contribution >= 0.6 is 0 Å². The van der Waals surface area contributed by atoms with E-state index in [1.807, 2.05) is 12.1 Å². The third kappa shape index (κ3) is 4.93. The molecule has 30 heavy (non-hydrogen) atoms. The summed E-state index contributed by atoms with van der Waals surface area (Å²) < 4.78 is 10.2. The molecular weight excluding hydrogens is 388 g/mol. The second kappa shape index (κ2) is 9.08. The molecule has 1 aliphatic rings. The van der Waals surface area contributed by atoms with Gasteiger partial charge in [-0.15, -0.1) is 0 Å². The van der Waals surface area contributed by atoms with Gasteiger partial charge in [-0.05, 0) is 60.7 Å².